The number of rotatable bonds is 10. The van der Waals surface area contributed by atoms with Crippen molar-refractivity contribution in [3.8, 4) is 0 Å². The van der Waals surface area contributed by atoms with E-state index in [9.17, 15) is 9.59 Å². The molecule has 2 amide bonds. The molecule has 0 unspecified atom stereocenters. The van der Waals surface area contributed by atoms with Gasteiger partial charge in [-0.3, -0.25) is 9.59 Å². The zero-order valence-electron chi connectivity index (χ0n) is 18.9. The molecule has 0 saturated carbocycles. The van der Waals surface area contributed by atoms with Gasteiger partial charge in [-0.25, -0.2) is 9.97 Å². The summed E-state index contributed by atoms with van der Waals surface area (Å²) in [6.45, 7) is 3.97. The maximum atomic E-state index is 12.2. The molecule has 2 aromatic heterocycles. The Morgan fingerprint density at radius 3 is 1.58 bits per heavy atom. The first-order valence-electron chi connectivity index (χ1n) is 11.3. The van der Waals surface area contributed by atoms with Gasteiger partial charge in [-0.2, -0.15) is 0 Å². The fourth-order valence-corrected chi connectivity index (χ4v) is 5.52. The maximum absolute atomic E-state index is 12.2. The summed E-state index contributed by atoms with van der Waals surface area (Å²) in [6, 6.07) is 11.7. The summed E-state index contributed by atoms with van der Waals surface area (Å²) in [4.78, 5) is 33.3. The molecule has 0 fully saturated rings. The lowest BCUT2D eigenvalue weighted by atomic mass is 10.1. The molecule has 0 radical (unpaired) electrons. The second-order valence-corrected chi connectivity index (χ2v) is 10.7. The number of amides is 2. The third kappa shape index (κ3) is 6.58. The predicted molar refractivity (Wildman–Crippen MR) is 138 cm³/mol. The van der Waals surface area contributed by atoms with Crippen LogP contribution < -0.4 is 10.6 Å². The first-order chi connectivity index (χ1) is 16.0. The molecule has 0 saturated heterocycles. The van der Waals surface area contributed by atoms with E-state index in [0.717, 1.165) is 73.9 Å². The lowest BCUT2D eigenvalue weighted by Gasteiger charge is -2.06. The number of anilines is 2. The van der Waals surface area contributed by atoms with Gasteiger partial charge < -0.3 is 10.6 Å². The number of benzene rings is 2. The highest BCUT2D eigenvalue weighted by atomic mass is 32.1. The number of carbonyl (C=O) groups is 2. The van der Waals surface area contributed by atoms with E-state index in [1.54, 1.807) is 22.7 Å². The summed E-state index contributed by atoms with van der Waals surface area (Å²) in [5.74, 6) is 0.0890. The largest absolute Gasteiger partial charge is 0.326 e. The molecule has 2 aromatic carbocycles. The number of nitrogens with zero attached hydrogens (tertiary/aromatic N) is 2. The highest BCUT2D eigenvalue weighted by Gasteiger charge is 2.07. The zero-order chi connectivity index (χ0) is 23.2. The van der Waals surface area contributed by atoms with E-state index in [0.29, 0.717) is 12.8 Å². The molecule has 4 rings (SSSR count). The normalized spacial score (nSPS) is 11.2. The van der Waals surface area contributed by atoms with Crippen LogP contribution in [0.4, 0.5) is 11.4 Å². The van der Waals surface area contributed by atoms with E-state index in [1.807, 2.05) is 50.2 Å². The van der Waals surface area contributed by atoms with E-state index < -0.39 is 0 Å². The first kappa shape index (κ1) is 23.3. The lowest BCUT2D eigenvalue weighted by Crippen LogP contribution is -2.11. The quantitative estimate of drug-likeness (QED) is 0.244. The number of unbranched alkanes of at least 4 members (excludes halogenated alkanes) is 4. The molecule has 0 atom stereocenters. The second kappa shape index (κ2) is 10.9. The van der Waals surface area contributed by atoms with E-state index in [2.05, 4.69) is 20.6 Å². The van der Waals surface area contributed by atoms with Gasteiger partial charge in [0.25, 0.3) is 0 Å². The Kier molecular flexibility index (Phi) is 7.67. The van der Waals surface area contributed by atoms with Gasteiger partial charge in [0.05, 0.1) is 30.4 Å². The van der Waals surface area contributed by atoms with Crippen molar-refractivity contribution in [1.82, 2.24) is 9.97 Å². The summed E-state index contributed by atoms with van der Waals surface area (Å²) < 4.78 is 2.18. The highest BCUT2D eigenvalue weighted by Crippen LogP contribution is 2.26. The number of hydrogen-bond acceptors (Lipinski definition) is 6. The zero-order valence-corrected chi connectivity index (χ0v) is 20.6. The van der Waals surface area contributed by atoms with E-state index in [1.165, 1.54) is 0 Å². The van der Waals surface area contributed by atoms with Crippen LogP contribution in [0.2, 0.25) is 0 Å². The van der Waals surface area contributed by atoms with Crippen molar-refractivity contribution >= 4 is 66.3 Å². The van der Waals surface area contributed by atoms with Crippen LogP contribution in [0.3, 0.4) is 0 Å². The van der Waals surface area contributed by atoms with Crippen LogP contribution in [0, 0.1) is 13.8 Å². The van der Waals surface area contributed by atoms with Crippen molar-refractivity contribution in [2.45, 2.75) is 58.8 Å². The summed E-state index contributed by atoms with van der Waals surface area (Å²) >= 11 is 3.27. The van der Waals surface area contributed by atoms with Crippen molar-refractivity contribution < 1.29 is 9.59 Å². The number of fused-ring (bicyclic) bond motifs is 2. The van der Waals surface area contributed by atoms with Crippen molar-refractivity contribution in [2.75, 3.05) is 10.6 Å². The minimum atomic E-state index is 0.0445. The molecular formula is C25H28N4O2S2. The number of aryl methyl sites for hydroxylation is 2. The molecule has 0 aliphatic rings. The summed E-state index contributed by atoms with van der Waals surface area (Å²) in [5.41, 5.74) is 3.60. The molecule has 172 valence electrons. The van der Waals surface area contributed by atoms with Crippen molar-refractivity contribution in [2.24, 2.45) is 0 Å². The average molecular weight is 481 g/mol. The van der Waals surface area contributed by atoms with Crippen LogP contribution in [-0.4, -0.2) is 21.8 Å². The Hall–Kier alpha value is -2.84. The molecule has 2 heterocycles. The Balaban J connectivity index is 1.08. The van der Waals surface area contributed by atoms with Gasteiger partial charge in [0.2, 0.25) is 11.8 Å². The van der Waals surface area contributed by atoms with Crippen LogP contribution >= 0.6 is 22.7 Å². The summed E-state index contributed by atoms with van der Waals surface area (Å²) in [6.07, 6.45) is 5.74. The van der Waals surface area contributed by atoms with Crippen LogP contribution in [0.25, 0.3) is 20.4 Å². The van der Waals surface area contributed by atoms with Gasteiger partial charge in [-0.15, -0.1) is 22.7 Å². The number of carbonyl (C=O) groups excluding carboxylic acids is 2. The molecule has 0 aliphatic carbocycles. The van der Waals surface area contributed by atoms with Gasteiger partial charge in [-0.05, 0) is 63.1 Å². The predicted octanol–water partition coefficient (Wildman–Crippen LogP) is 6.83. The molecule has 0 bridgehead atoms. The van der Waals surface area contributed by atoms with Gasteiger partial charge in [0.1, 0.15) is 0 Å². The fourth-order valence-electron chi connectivity index (χ4n) is 3.78. The number of hydrogen-bond donors (Lipinski definition) is 2. The second-order valence-electron chi connectivity index (χ2n) is 8.19. The Morgan fingerprint density at radius 2 is 1.12 bits per heavy atom. The molecule has 0 aliphatic heterocycles. The molecule has 4 aromatic rings. The van der Waals surface area contributed by atoms with Crippen LogP contribution in [0.15, 0.2) is 36.4 Å². The minimum Gasteiger partial charge on any atom is -0.326 e. The molecule has 33 heavy (non-hydrogen) atoms. The third-order valence-corrected chi connectivity index (χ3v) is 7.23. The molecule has 8 heteroatoms. The maximum Gasteiger partial charge on any atom is 0.224 e. The van der Waals surface area contributed by atoms with E-state index in [4.69, 9.17) is 0 Å². The monoisotopic (exact) mass is 480 g/mol. The Morgan fingerprint density at radius 1 is 0.697 bits per heavy atom. The van der Waals surface area contributed by atoms with Gasteiger partial charge in [0.15, 0.2) is 0 Å². The SMILES string of the molecule is Cc1nc2ccc(NC(=O)CCCCCCCC(=O)Nc3ccc4nc(C)sc4c3)cc2s1. The van der Waals surface area contributed by atoms with Gasteiger partial charge in [-0.1, -0.05) is 19.3 Å². The smallest absolute Gasteiger partial charge is 0.224 e. The molecule has 0 spiro atoms. The number of aromatic nitrogens is 2. The molecule has 2 N–H and O–H groups in total. The number of thiazole rings is 2. The van der Waals surface area contributed by atoms with Gasteiger partial charge in [0, 0.05) is 24.2 Å². The standard InChI is InChI=1S/C25H28N4O2S2/c1-16-26-20-12-10-18(14-22(20)32-16)28-24(30)8-6-4-3-5-7-9-25(31)29-19-11-13-21-23(15-19)33-17(2)27-21/h10-15H,3-9H2,1-2H3,(H,28,30)(H,29,31). The van der Waals surface area contributed by atoms with E-state index >= 15 is 0 Å². The third-order valence-electron chi connectivity index (χ3n) is 5.37. The van der Waals surface area contributed by atoms with Gasteiger partial charge >= 0.3 is 0 Å². The van der Waals surface area contributed by atoms with Crippen molar-refractivity contribution in [3.63, 3.8) is 0 Å². The molecular weight excluding hydrogens is 452 g/mol. The number of nitrogens with one attached hydrogen (secondary N) is 2. The summed E-state index contributed by atoms with van der Waals surface area (Å²) in [7, 11) is 0. The first-order valence-corrected chi connectivity index (χ1v) is 12.9. The van der Waals surface area contributed by atoms with E-state index in [-0.39, 0.29) is 11.8 Å². The van der Waals surface area contributed by atoms with Crippen LogP contribution in [-0.2, 0) is 9.59 Å². The minimum absolute atomic E-state index is 0.0445. The highest BCUT2D eigenvalue weighted by molar-refractivity contribution is 7.18. The Bertz CT molecular complexity index is 1180. The summed E-state index contributed by atoms with van der Waals surface area (Å²) in [5, 5.41) is 8.01. The lowest BCUT2D eigenvalue weighted by molar-refractivity contribution is -0.117. The van der Waals surface area contributed by atoms with Crippen LogP contribution in [0.1, 0.15) is 55.0 Å². The van der Waals surface area contributed by atoms with Crippen molar-refractivity contribution in [3.05, 3.63) is 46.4 Å². The van der Waals surface area contributed by atoms with Crippen LogP contribution in [0.5, 0.6) is 0 Å². The molecule has 6 nitrogen and oxygen atoms in total. The fraction of sp³-hybridized carbons (Fsp3) is 0.360. The Labute approximate surface area is 201 Å². The van der Waals surface area contributed by atoms with Crippen molar-refractivity contribution in [1.29, 1.82) is 0 Å². The topological polar surface area (TPSA) is 84.0 Å². The average Bonchev–Trinajstić information content (AvgIpc) is 3.32.